The lowest BCUT2D eigenvalue weighted by Gasteiger charge is -2.24. The van der Waals surface area contributed by atoms with Crippen LogP contribution in [0.5, 0.6) is 0 Å². The van der Waals surface area contributed by atoms with Crippen LogP contribution in [0.2, 0.25) is 0 Å². The molecule has 2 aromatic carbocycles. The molecule has 0 spiro atoms. The Bertz CT molecular complexity index is 469. The topological polar surface area (TPSA) is 46.3 Å². The number of rotatable bonds is 3. The molecule has 0 aliphatic heterocycles. The van der Waals surface area contributed by atoms with Crippen molar-refractivity contribution >= 4 is 17.3 Å². The van der Waals surface area contributed by atoms with E-state index in [0.717, 1.165) is 11.4 Å². The number of hydrogen-bond acceptors (Lipinski definition) is 2. The molecule has 18 heavy (non-hydrogen) atoms. The Balaban J connectivity index is 2.45. The van der Waals surface area contributed by atoms with Gasteiger partial charge in [0.05, 0.1) is 6.04 Å². The molecule has 2 aromatic rings. The van der Waals surface area contributed by atoms with Gasteiger partial charge in [-0.3, -0.25) is 9.69 Å². The highest BCUT2D eigenvalue weighted by Gasteiger charge is 2.20. The molecule has 92 valence electrons. The van der Waals surface area contributed by atoms with Crippen LogP contribution >= 0.6 is 0 Å². The number of anilines is 2. The van der Waals surface area contributed by atoms with Crippen molar-refractivity contribution in [3.63, 3.8) is 0 Å². The molecular weight excluding hydrogens is 224 g/mol. The Morgan fingerprint density at radius 1 is 0.944 bits per heavy atom. The molecule has 1 amide bonds. The summed E-state index contributed by atoms with van der Waals surface area (Å²) in [7, 11) is 0. The first-order valence-electron chi connectivity index (χ1n) is 5.90. The van der Waals surface area contributed by atoms with Crippen molar-refractivity contribution in [1.82, 2.24) is 0 Å². The average molecular weight is 240 g/mol. The van der Waals surface area contributed by atoms with Crippen LogP contribution in [0.25, 0.3) is 0 Å². The smallest absolute Gasteiger partial charge is 0.248 e. The summed E-state index contributed by atoms with van der Waals surface area (Å²) in [5.41, 5.74) is 7.37. The van der Waals surface area contributed by atoms with Gasteiger partial charge in [0.1, 0.15) is 0 Å². The van der Waals surface area contributed by atoms with Gasteiger partial charge < -0.3 is 5.73 Å². The first-order valence-corrected chi connectivity index (χ1v) is 5.90. The molecule has 0 radical (unpaired) electrons. The molecule has 1 unspecified atom stereocenters. The Kier molecular flexibility index (Phi) is 3.75. The minimum atomic E-state index is -0.537. The number of nitrogens with zero attached hydrogens (tertiary/aromatic N) is 1. The van der Waals surface area contributed by atoms with Gasteiger partial charge in [0, 0.05) is 11.4 Å². The minimum Gasteiger partial charge on any atom is -0.320 e. The molecule has 0 aliphatic rings. The number of carbonyl (C=O) groups is 1. The molecular formula is C15H16N2O. The second kappa shape index (κ2) is 5.47. The van der Waals surface area contributed by atoms with Gasteiger partial charge in [0.2, 0.25) is 5.91 Å². The summed E-state index contributed by atoms with van der Waals surface area (Å²) in [4.78, 5) is 13.9. The van der Waals surface area contributed by atoms with Crippen molar-refractivity contribution in [3.05, 3.63) is 60.7 Å². The predicted octanol–water partition coefficient (Wildman–Crippen LogP) is 2.70. The van der Waals surface area contributed by atoms with E-state index in [9.17, 15) is 4.79 Å². The van der Waals surface area contributed by atoms with Crippen molar-refractivity contribution in [2.24, 2.45) is 5.73 Å². The maximum Gasteiger partial charge on any atom is 0.248 e. The van der Waals surface area contributed by atoms with Crippen LogP contribution in [0.15, 0.2) is 60.7 Å². The van der Waals surface area contributed by atoms with Gasteiger partial charge in [-0.15, -0.1) is 0 Å². The number of hydrogen-bond donors (Lipinski definition) is 1. The molecule has 1 atom stereocenters. The zero-order valence-corrected chi connectivity index (χ0v) is 10.3. The molecule has 3 heteroatoms. The Morgan fingerprint density at radius 2 is 1.33 bits per heavy atom. The van der Waals surface area contributed by atoms with Gasteiger partial charge in [-0.05, 0) is 31.2 Å². The summed E-state index contributed by atoms with van der Waals surface area (Å²) in [5, 5.41) is 0. The van der Waals surface area contributed by atoms with Crippen molar-refractivity contribution in [2.75, 3.05) is 4.90 Å². The average Bonchev–Trinajstić information content (AvgIpc) is 2.41. The van der Waals surface area contributed by atoms with Crippen LogP contribution in [0.4, 0.5) is 11.4 Å². The first kappa shape index (κ1) is 12.3. The molecule has 0 aliphatic carbocycles. The summed E-state index contributed by atoms with van der Waals surface area (Å²) >= 11 is 0. The maximum absolute atomic E-state index is 12.2. The zero-order valence-electron chi connectivity index (χ0n) is 10.3. The monoisotopic (exact) mass is 240 g/mol. The van der Waals surface area contributed by atoms with E-state index in [2.05, 4.69) is 0 Å². The normalized spacial score (nSPS) is 11.9. The Morgan fingerprint density at radius 3 is 1.67 bits per heavy atom. The quantitative estimate of drug-likeness (QED) is 0.896. The van der Waals surface area contributed by atoms with Gasteiger partial charge in [0.25, 0.3) is 0 Å². The van der Waals surface area contributed by atoms with E-state index in [1.165, 1.54) is 0 Å². The fraction of sp³-hybridized carbons (Fsp3) is 0.133. The minimum absolute atomic E-state index is 0.118. The molecule has 0 saturated carbocycles. The third-order valence-corrected chi connectivity index (χ3v) is 2.64. The van der Waals surface area contributed by atoms with E-state index < -0.39 is 6.04 Å². The van der Waals surface area contributed by atoms with Gasteiger partial charge in [-0.25, -0.2) is 0 Å². The zero-order chi connectivity index (χ0) is 13.0. The number of amides is 1. The third-order valence-electron chi connectivity index (χ3n) is 2.64. The second-order valence-electron chi connectivity index (χ2n) is 4.13. The number of para-hydroxylation sites is 2. The number of nitrogens with two attached hydrogens (primary N) is 1. The standard InChI is InChI=1S/C15H16N2O/c1-12(16)15(18)17(13-8-4-2-5-9-13)14-10-6-3-7-11-14/h2-12H,16H2,1H3. The van der Waals surface area contributed by atoms with Crippen LogP contribution in [0.3, 0.4) is 0 Å². The van der Waals surface area contributed by atoms with Gasteiger partial charge in [-0.1, -0.05) is 36.4 Å². The molecule has 0 fully saturated rings. The molecule has 0 heterocycles. The van der Waals surface area contributed by atoms with Crippen LogP contribution in [0, 0.1) is 0 Å². The fourth-order valence-corrected chi connectivity index (χ4v) is 1.76. The lowest BCUT2D eigenvalue weighted by molar-refractivity contribution is -0.118. The van der Waals surface area contributed by atoms with E-state index in [-0.39, 0.29) is 5.91 Å². The van der Waals surface area contributed by atoms with E-state index in [1.807, 2.05) is 60.7 Å². The van der Waals surface area contributed by atoms with Gasteiger partial charge in [0.15, 0.2) is 0 Å². The third kappa shape index (κ3) is 2.57. The molecule has 3 nitrogen and oxygen atoms in total. The SMILES string of the molecule is CC(N)C(=O)N(c1ccccc1)c1ccccc1. The lowest BCUT2D eigenvalue weighted by Crippen LogP contribution is -2.39. The fourth-order valence-electron chi connectivity index (χ4n) is 1.76. The first-order chi connectivity index (χ1) is 8.70. The van der Waals surface area contributed by atoms with Gasteiger partial charge in [-0.2, -0.15) is 0 Å². The summed E-state index contributed by atoms with van der Waals surface area (Å²) in [6.45, 7) is 1.70. The van der Waals surface area contributed by atoms with E-state index in [4.69, 9.17) is 5.73 Å². The van der Waals surface area contributed by atoms with Crippen LogP contribution in [0.1, 0.15) is 6.92 Å². The van der Waals surface area contributed by atoms with Crippen molar-refractivity contribution in [1.29, 1.82) is 0 Å². The van der Waals surface area contributed by atoms with Crippen molar-refractivity contribution in [2.45, 2.75) is 13.0 Å². The van der Waals surface area contributed by atoms with E-state index >= 15 is 0 Å². The highest BCUT2D eigenvalue weighted by molar-refractivity contribution is 6.03. The van der Waals surface area contributed by atoms with Gasteiger partial charge >= 0.3 is 0 Å². The van der Waals surface area contributed by atoms with E-state index in [1.54, 1.807) is 11.8 Å². The summed E-state index contributed by atoms with van der Waals surface area (Å²) in [6, 6.07) is 18.5. The summed E-state index contributed by atoms with van der Waals surface area (Å²) < 4.78 is 0. The lowest BCUT2D eigenvalue weighted by atomic mass is 10.2. The second-order valence-corrected chi connectivity index (χ2v) is 4.13. The van der Waals surface area contributed by atoms with Crippen molar-refractivity contribution < 1.29 is 4.79 Å². The maximum atomic E-state index is 12.2. The summed E-state index contributed by atoms with van der Waals surface area (Å²) in [6.07, 6.45) is 0. The molecule has 0 saturated heterocycles. The van der Waals surface area contributed by atoms with E-state index in [0.29, 0.717) is 0 Å². The van der Waals surface area contributed by atoms with Crippen LogP contribution in [-0.2, 0) is 4.79 Å². The highest BCUT2D eigenvalue weighted by atomic mass is 16.2. The molecule has 0 bridgehead atoms. The Hall–Kier alpha value is -2.13. The summed E-state index contributed by atoms with van der Waals surface area (Å²) in [5.74, 6) is -0.118. The predicted molar refractivity (Wildman–Crippen MR) is 73.7 cm³/mol. The van der Waals surface area contributed by atoms with Crippen molar-refractivity contribution in [3.8, 4) is 0 Å². The molecule has 2 N–H and O–H groups in total. The number of carbonyl (C=O) groups excluding carboxylic acids is 1. The number of benzene rings is 2. The largest absolute Gasteiger partial charge is 0.320 e. The Labute approximate surface area is 107 Å². The van der Waals surface area contributed by atoms with Crippen LogP contribution in [-0.4, -0.2) is 11.9 Å². The molecule has 0 aromatic heterocycles. The van der Waals surface area contributed by atoms with Crippen LogP contribution < -0.4 is 10.6 Å². The highest BCUT2D eigenvalue weighted by Crippen LogP contribution is 2.25. The molecule has 2 rings (SSSR count).